The number of aryl methyl sites for hydroxylation is 1. The molecule has 1 atom stereocenters. The number of nitrogens with one attached hydrogen (secondary N) is 1. The lowest BCUT2D eigenvalue weighted by atomic mass is 10.0. The molecule has 3 nitrogen and oxygen atoms in total. The lowest BCUT2D eigenvalue weighted by Crippen LogP contribution is -2.33. The summed E-state index contributed by atoms with van der Waals surface area (Å²) in [7, 11) is 0. The number of halogens is 1. The molecular formula is C11H14BrNO2. The summed E-state index contributed by atoms with van der Waals surface area (Å²) >= 11 is 3.43. The van der Waals surface area contributed by atoms with E-state index in [-0.39, 0.29) is 6.10 Å². The van der Waals surface area contributed by atoms with E-state index in [0.29, 0.717) is 12.4 Å². The minimum Gasteiger partial charge on any atom is -0.507 e. The molecule has 0 saturated carbocycles. The lowest BCUT2D eigenvalue weighted by Gasteiger charge is -2.25. The van der Waals surface area contributed by atoms with Crippen LogP contribution in [0.3, 0.4) is 0 Å². The number of rotatable bonds is 1. The van der Waals surface area contributed by atoms with Crippen molar-refractivity contribution in [1.29, 1.82) is 0 Å². The molecule has 0 aromatic heterocycles. The standard InChI is InChI=1S/C11H14BrNO2/c1-7-4-8(12)5-9(11(7)14)10-6-13-2-3-15-10/h4-5,10,13-14H,2-3,6H2,1H3. The summed E-state index contributed by atoms with van der Waals surface area (Å²) < 4.78 is 6.59. The van der Waals surface area contributed by atoms with Gasteiger partial charge in [-0.05, 0) is 24.6 Å². The highest BCUT2D eigenvalue weighted by Crippen LogP contribution is 2.33. The Hall–Kier alpha value is -0.580. The lowest BCUT2D eigenvalue weighted by molar-refractivity contribution is 0.0262. The van der Waals surface area contributed by atoms with Crippen LogP contribution in [-0.4, -0.2) is 24.8 Å². The van der Waals surface area contributed by atoms with Gasteiger partial charge in [0.15, 0.2) is 0 Å². The van der Waals surface area contributed by atoms with Crippen LogP contribution in [0.4, 0.5) is 0 Å². The van der Waals surface area contributed by atoms with Crippen molar-refractivity contribution in [2.45, 2.75) is 13.0 Å². The number of phenols is 1. The number of aromatic hydroxyl groups is 1. The Morgan fingerprint density at radius 3 is 3.00 bits per heavy atom. The van der Waals surface area contributed by atoms with Crippen LogP contribution in [0.25, 0.3) is 0 Å². The fourth-order valence-corrected chi connectivity index (χ4v) is 2.36. The first-order valence-electron chi connectivity index (χ1n) is 5.00. The van der Waals surface area contributed by atoms with Gasteiger partial charge in [0, 0.05) is 23.1 Å². The van der Waals surface area contributed by atoms with E-state index in [1.165, 1.54) is 0 Å². The van der Waals surface area contributed by atoms with Crippen molar-refractivity contribution in [2.75, 3.05) is 19.7 Å². The van der Waals surface area contributed by atoms with Gasteiger partial charge in [-0.2, -0.15) is 0 Å². The average Bonchev–Trinajstić information content (AvgIpc) is 2.24. The molecule has 1 heterocycles. The van der Waals surface area contributed by atoms with Crippen molar-refractivity contribution in [2.24, 2.45) is 0 Å². The molecule has 1 unspecified atom stereocenters. The highest BCUT2D eigenvalue weighted by atomic mass is 79.9. The molecule has 15 heavy (non-hydrogen) atoms. The van der Waals surface area contributed by atoms with E-state index >= 15 is 0 Å². The molecule has 1 aromatic rings. The number of hydrogen-bond acceptors (Lipinski definition) is 3. The van der Waals surface area contributed by atoms with Gasteiger partial charge in [0.05, 0.1) is 12.7 Å². The van der Waals surface area contributed by atoms with Crippen molar-refractivity contribution in [1.82, 2.24) is 5.32 Å². The molecule has 0 bridgehead atoms. The first-order valence-corrected chi connectivity index (χ1v) is 5.79. The molecule has 0 aliphatic carbocycles. The molecule has 1 fully saturated rings. The van der Waals surface area contributed by atoms with Crippen molar-refractivity contribution in [3.8, 4) is 5.75 Å². The number of hydrogen-bond donors (Lipinski definition) is 2. The maximum atomic E-state index is 9.95. The van der Waals surface area contributed by atoms with E-state index in [1.54, 1.807) is 0 Å². The molecule has 2 N–H and O–H groups in total. The average molecular weight is 272 g/mol. The SMILES string of the molecule is Cc1cc(Br)cc(C2CNCCO2)c1O. The van der Waals surface area contributed by atoms with Crippen LogP contribution in [0.1, 0.15) is 17.2 Å². The van der Waals surface area contributed by atoms with E-state index in [9.17, 15) is 5.11 Å². The van der Waals surface area contributed by atoms with Gasteiger partial charge in [-0.1, -0.05) is 15.9 Å². The summed E-state index contributed by atoms with van der Waals surface area (Å²) in [5.74, 6) is 0.340. The fraction of sp³-hybridized carbons (Fsp3) is 0.455. The molecule has 0 radical (unpaired) electrons. The minimum atomic E-state index is -0.0463. The summed E-state index contributed by atoms with van der Waals surface area (Å²) in [6, 6.07) is 3.81. The van der Waals surface area contributed by atoms with Crippen molar-refractivity contribution < 1.29 is 9.84 Å². The van der Waals surface area contributed by atoms with Crippen LogP contribution < -0.4 is 5.32 Å². The molecule has 0 spiro atoms. The van der Waals surface area contributed by atoms with Crippen molar-refractivity contribution in [3.05, 3.63) is 27.7 Å². The Morgan fingerprint density at radius 2 is 2.33 bits per heavy atom. The maximum absolute atomic E-state index is 9.95. The van der Waals surface area contributed by atoms with Crippen LogP contribution in [-0.2, 0) is 4.74 Å². The highest BCUT2D eigenvalue weighted by Gasteiger charge is 2.20. The van der Waals surface area contributed by atoms with Gasteiger partial charge in [0.2, 0.25) is 0 Å². The van der Waals surface area contributed by atoms with Gasteiger partial charge >= 0.3 is 0 Å². The number of morpholine rings is 1. The van der Waals surface area contributed by atoms with Crippen molar-refractivity contribution in [3.63, 3.8) is 0 Å². The van der Waals surface area contributed by atoms with Crippen molar-refractivity contribution >= 4 is 15.9 Å². The predicted molar refractivity (Wildman–Crippen MR) is 62.1 cm³/mol. The normalized spacial score (nSPS) is 21.6. The molecule has 1 aromatic carbocycles. The van der Waals surface area contributed by atoms with Crippen LogP contribution in [0, 0.1) is 6.92 Å². The highest BCUT2D eigenvalue weighted by molar-refractivity contribution is 9.10. The predicted octanol–water partition coefficient (Wildman–Crippen LogP) is 2.12. The third-order valence-electron chi connectivity index (χ3n) is 2.57. The van der Waals surface area contributed by atoms with Crippen LogP contribution in [0.15, 0.2) is 16.6 Å². The van der Waals surface area contributed by atoms with Crippen LogP contribution in [0.2, 0.25) is 0 Å². The number of ether oxygens (including phenoxy) is 1. The molecule has 1 aliphatic heterocycles. The Kier molecular flexibility index (Phi) is 3.29. The summed E-state index contributed by atoms with van der Waals surface area (Å²) in [6.45, 7) is 4.21. The Labute approximate surface area is 97.6 Å². The van der Waals surface area contributed by atoms with Gasteiger partial charge in [-0.3, -0.25) is 0 Å². The second kappa shape index (κ2) is 4.51. The maximum Gasteiger partial charge on any atom is 0.124 e. The summed E-state index contributed by atoms with van der Waals surface area (Å²) in [5.41, 5.74) is 1.72. The van der Waals surface area contributed by atoms with Crippen LogP contribution >= 0.6 is 15.9 Å². The fourth-order valence-electron chi connectivity index (χ4n) is 1.77. The monoisotopic (exact) mass is 271 g/mol. The molecule has 82 valence electrons. The zero-order valence-corrected chi connectivity index (χ0v) is 10.2. The second-order valence-electron chi connectivity index (χ2n) is 3.72. The van der Waals surface area contributed by atoms with Gasteiger partial charge in [-0.15, -0.1) is 0 Å². The first kappa shape index (κ1) is 10.9. The first-order chi connectivity index (χ1) is 7.18. The van der Waals surface area contributed by atoms with E-state index in [1.807, 2.05) is 19.1 Å². The molecule has 4 heteroatoms. The summed E-state index contributed by atoms with van der Waals surface area (Å²) in [4.78, 5) is 0. The second-order valence-corrected chi connectivity index (χ2v) is 4.64. The minimum absolute atomic E-state index is 0.0463. The van der Waals surface area contributed by atoms with E-state index in [2.05, 4.69) is 21.2 Å². The quantitative estimate of drug-likeness (QED) is 0.822. The molecule has 0 amide bonds. The Bertz CT molecular complexity index is 362. The van der Waals surface area contributed by atoms with E-state index < -0.39 is 0 Å². The van der Waals surface area contributed by atoms with Gasteiger partial charge in [0.25, 0.3) is 0 Å². The Morgan fingerprint density at radius 1 is 1.53 bits per heavy atom. The number of benzene rings is 1. The smallest absolute Gasteiger partial charge is 0.124 e. The van der Waals surface area contributed by atoms with Crippen LogP contribution in [0.5, 0.6) is 5.75 Å². The van der Waals surface area contributed by atoms with E-state index in [0.717, 1.165) is 28.7 Å². The van der Waals surface area contributed by atoms with Gasteiger partial charge < -0.3 is 15.2 Å². The largest absolute Gasteiger partial charge is 0.507 e. The zero-order chi connectivity index (χ0) is 10.8. The Balaban J connectivity index is 2.33. The number of phenolic OH excluding ortho intramolecular Hbond substituents is 1. The van der Waals surface area contributed by atoms with Gasteiger partial charge in [0.1, 0.15) is 5.75 Å². The molecule has 1 saturated heterocycles. The topological polar surface area (TPSA) is 41.5 Å². The van der Waals surface area contributed by atoms with E-state index in [4.69, 9.17) is 4.74 Å². The summed E-state index contributed by atoms with van der Waals surface area (Å²) in [5, 5.41) is 13.2. The third kappa shape index (κ3) is 2.33. The zero-order valence-electron chi connectivity index (χ0n) is 8.59. The van der Waals surface area contributed by atoms with Gasteiger partial charge in [-0.25, -0.2) is 0 Å². The molecule has 1 aliphatic rings. The molecule has 2 rings (SSSR count). The third-order valence-corrected chi connectivity index (χ3v) is 3.03. The molecular weight excluding hydrogens is 258 g/mol. The summed E-state index contributed by atoms with van der Waals surface area (Å²) in [6.07, 6.45) is -0.0463.